The van der Waals surface area contributed by atoms with Crippen molar-refractivity contribution in [3.05, 3.63) is 0 Å². The molecule has 0 aromatic carbocycles. The van der Waals surface area contributed by atoms with Crippen LogP contribution in [-0.2, 0) is 4.79 Å². The molecule has 6 nitrogen and oxygen atoms in total. The first-order valence-corrected chi connectivity index (χ1v) is 7.59. The third-order valence-corrected chi connectivity index (χ3v) is 4.58. The van der Waals surface area contributed by atoms with E-state index >= 15 is 0 Å². The number of alkyl halides is 3. The van der Waals surface area contributed by atoms with Crippen LogP contribution in [-0.4, -0.2) is 83.8 Å². The maximum Gasteiger partial charge on any atom is 0.419 e. The zero-order valence-electron chi connectivity index (χ0n) is 13.3. The van der Waals surface area contributed by atoms with Gasteiger partial charge in [0.15, 0.2) is 5.60 Å². The Labute approximate surface area is 132 Å². The van der Waals surface area contributed by atoms with E-state index in [2.05, 4.69) is 0 Å². The van der Waals surface area contributed by atoms with E-state index in [4.69, 9.17) is 0 Å². The monoisotopic (exact) mass is 337 g/mol. The van der Waals surface area contributed by atoms with Crippen LogP contribution in [0, 0.1) is 5.92 Å². The Hall–Kier alpha value is -1.51. The second-order valence-electron chi connectivity index (χ2n) is 6.48. The molecule has 0 bridgehead atoms. The Kier molecular flexibility index (Phi) is 4.79. The number of rotatable bonds is 1. The molecule has 0 saturated carbocycles. The number of piperidine rings is 1. The second-order valence-corrected chi connectivity index (χ2v) is 6.48. The van der Waals surface area contributed by atoms with Gasteiger partial charge in [0.2, 0.25) is 5.91 Å². The van der Waals surface area contributed by atoms with Crippen molar-refractivity contribution in [1.29, 1.82) is 0 Å². The van der Waals surface area contributed by atoms with E-state index in [0.717, 1.165) is 4.90 Å². The van der Waals surface area contributed by atoms with Crippen LogP contribution >= 0.6 is 0 Å². The Morgan fingerprint density at radius 1 is 1.13 bits per heavy atom. The van der Waals surface area contributed by atoms with Gasteiger partial charge in [-0.1, -0.05) is 0 Å². The van der Waals surface area contributed by atoms with E-state index in [1.807, 2.05) is 0 Å². The molecule has 23 heavy (non-hydrogen) atoms. The van der Waals surface area contributed by atoms with Gasteiger partial charge in [0.05, 0.1) is 6.54 Å². The molecular weight excluding hydrogens is 315 g/mol. The molecule has 1 atom stereocenters. The molecule has 1 unspecified atom stereocenters. The third-order valence-electron chi connectivity index (χ3n) is 4.58. The lowest BCUT2D eigenvalue weighted by molar-refractivity contribution is -0.253. The van der Waals surface area contributed by atoms with Crippen LogP contribution in [0.25, 0.3) is 0 Å². The summed E-state index contributed by atoms with van der Waals surface area (Å²) in [5.74, 6) is -0.751. The van der Waals surface area contributed by atoms with Gasteiger partial charge in [0.25, 0.3) is 0 Å². The summed E-state index contributed by atoms with van der Waals surface area (Å²) in [4.78, 5) is 28.4. The van der Waals surface area contributed by atoms with Gasteiger partial charge in [-0.3, -0.25) is 4.79 Å². The molecule has 9 heteroatoms. The molecular formula is C14H22F3N3O3. The summed E-state index contributed by atoms with van der Waals surface area (Å²) >= 11 is 0. The van der Waals surface area contributed by atoms with Crippen LogP contribution in [0.2, 0.25) is 0 Å². The molecule has 2 rings (SSSR count). The van der Waals surface area contributed by atoms with Crippen molar-refractivity contribution in [2.45, 2.75) is 31.0 Å². The zero-order chi connectivity index (χ0) is 17.4. The van der Waals surface area contributed by atoms with E-state index in [1.165, 1.54) is 4.90 Å². The van der Waals surface area contributed by atoms with Crippen LogP contribution in [0.3, 0.4) is 0 Å². The van der Waals surface area contributed by atoms with E-state index in [-0.39, 0.29) is 18.5 Å². The molecule has 3 amide bonds. The molecule has 0 aromatic heterocycles. The zero-order valence-corrected chi connectivity index (χ0v) is 13.3. The van der Waals surface area contributed by atoms with E-state index in [1.54, 1.807) is 19.0 Å². The van der Waals surface area contributed by atoms with Crippen molar-refractivity contribution in [2.75, 3.05) is 40.3 Å². The molecule has 132 valence electrons. The Morgan fingerprint density at radius 3 is 2.13 bits per heavy atom. The molecule has 2 saturated heterocycles. The Balaban J connectivity index is 1.90. The molecule has 0 spiro atoms. The van der Waals surface area contributed by atoms with E-state index in [0.29, 0.717) is 25.9 Å². The molecule has 0 aromatic rings. The van der Waals surface area contributed by atoms with Gasteiger partial charge >= 0.3 is 12.2 Å². The highest BCUT2D eigenvalue weighted by atomic mass is 19.4. The summed E-state index contributed by atoms with van der Waals surface area (Å²) < 4.78 is 38.4. The van der Waals surface area contributed by atoms with Crippen molar-refractivity contribution in [3.63, 3.8) is 0 Å². The number of aliphatic hydroxyl groups is 1. The summed E-state index contributed by atoms with van der Waals surface area (Å²) in [5, 5.41) is 9.64. The molecule has 2 aliphatic heterocycles. The van der Waals surface area contributed by atoms with Crippen LogP contribution in [0.15, 0.2) is 0 Å². The molecule has 2 fully saturated rings. The third kappa shape index (κ3) is 3.54. The number of hydrogen-bond donors (Lipinski definition) is 1. The lowest BCUT2D eigenvalue weighted by Gasteiger charge is -2.34. The average molecular weight is 337 g/mol. The predicted molar refractivity (Wildman–Crippen MR) is 75.6 cm³/mol. The largest absolute Gasteiger partial charge is 0.419 e. The van der Waals surface area contributed by atoms with Crippen molar-refractivity contribution < 1.29 is 27.9 Å². The van der Waals surface area contributed by atoms with Gasteiger partial charge in [-0.2, -0.15) is 13.2 Å². The fraction of sp³-hybridized carbons (Fsp3) is 0.857. The minimum atomic E-state index is -4.73. The summed E-state index contributed by atoms with van der Waals surface area (Å²) in [5.41, 5.74) is -2.80. The van der Waals surface area contributed by atoms with Gasteiger partial charge in [-0.05, 0) is 12.8 Å². The number of nitrogens with zero attached hydrogens (tertiary/aromatic N) is 3. The minimum Gasteiger partial charge on any atom is -0.379 e. The molecule has 0 radical (unpaired) electrons. The number of β-amino-alcohol motifs (C(OH)–C–C–N with tert-alkyl or cyclic N) is 1. The first-order chi connectivity index (χ1) is 10.5. The van der Waals surface area contributed by atoms with Gasteiger partial charge in [0.1, 0.15) is 0 Å². The van der Waals surface area contributed by atoms with Crippen LogP contribution in [0.5, 0.6) is 0 Å². The van der Waals surface area contributed by atoms with Crippen molar-refractivity contribution in [1.82, 2.24) is 14.7 Å². The topological polar surface area (TPSA) is 64.1 Å². The minimum absolute atomic E-state index is 0.0916. The van der Waals surface area contributed by atoms with Crippen molar-refractivity contribution in [2.24, 2.45) is 5.92 Å². The summed E-state index contributed by atoms with van der Waals surface area (Å²) in [6.45, 7) is 0.0213. The maximum atomic E-state index is 12.8. The van der Waals surface area contributed by atoms with Crippen molar-refractivity contribution in [3.8, 4) is 0 Å². The number of likely N-dealkylation sites (tertiary alicyclic amines) is 2. The summed E-state index contributed by atoms with van der Waals surface area (Å²) in [6.07, 6.45) is -4.36. The maximum absolute atomic E-state index is 12.8. The first-order valence-electron chi connectivity index (χ1n) is 7.59. The number of halogens is 3. The highest BCUT2D eigenvalue weighted by Gasteiger charge is 2.58. The predicted octanol–water partition coefficient (Wildman–Crippen LogP) is 0.906. The Bertz CT molecular complexity index is 476. The normalized spacial score (nSPS) is 26.5. The van der Waals surface area contributed by atoms with Gasteiger partial charge < -0.3 is 19.8 Å². The quantitative estimate of drug-likeness (QED) is 0.773. The second kappa shape index (κ2) is 6.18. The average Bonchev–Trinajstić information content (AvgIpc) is 2.89. The number of hydrogen-bond acceptors (Lipinski definition) is 3. The smallest absolute Gasteiger partial charge is 0.379 e. The van der Waals surface area contributed by atoms with Gasteiger partial charge in [-0.25, -0.2) is 4.79 Å². The number of carbonyl (C=O) groups is 2. The summed E-state index contributed by atoms with van der Waals surface area (Å²) in [7, 11) is 3.28. The first kappa shape index (κ1) is 17.8. The lowest BCUT2D eigenvalue weighted by atomic mass is 9.95. The molecule has 2 heterocycles. The van der Waals surface area contributed by atoms with Crippen LogP contribution in [0.4, 0.5) is 18.0 Å². The lowest BCUT2D eigenvalue weighted by Crippen LogP contribution is -2.50. The highest BCUT2D eigenvalue weighted by molar-refractivity contribution is 5.80. The molecule has 2 aliphatic rings. The standard InChI is InChI=1S/C14H22F3N3O3/c1-18(2)12(22)19-6-3-10(4-7-19)11(21)20-8-5-13(23,9-20)14(15,16)17/h10,23H,3-9H2,1-2H3. The van der Waals surface area contributed by atoms with E-state index in [9.17, 15) is 27.9 Å². The number of urea groups is 1. The SMILES string of the molecule is CN(C)C(=O)N1CCC(C(=O)N2CCC(O)(C(F)(F)F)C2)CC1. The Morgan fingerprint density at radius 2 is 1.70 bits per heavy atom. The van der Waals surface area contributed by atoms with Crippen molar-refractivity contribution >= 4 is 11.9 Å². The van der Waals surface area contributed by atoms with E-state index < -0.39 is 30.7 Å². The molecule has 1 N–H and O–H groups in total. The molecule has 0 aliphatic carbocycles. The number of amides is 3. The fourth-order valence-corrected chi connectivity index (χ4v) is 3.07. The fourth-order valence-electron chi connectivity index (χ4n) is 3.07. The van der Waals surface area contributed by atoms with Gasteiger partial charge in [-0.15, -0.1) is 0 Å². The summed E-state index contributed by atoms with van der Waals surface area (Å²) in [6, 6.07) is -0.136. The number of carbonyl (C=O) groups excluding carboxylic acids is 2. The van der Waals surface area contributed by atoms with Crippen LogP contribution in [0.1, 0.15) is 19.3 Å². The van der Waals surface area contributed by atoms with Gasteiger partial charge in [0, 0.05) is 46.1 Å². The van der Waals surface area contributed by atoms with Crippen LogP contribution < -0.4 is 0 Å². The highest BCUT2D eigenvalue weighted by Crippen LogP contribution is 2.38.